The quantitative estimate of drug-likeness (QED) is 0.183. The first-order chi connectivity index (χ1) is 25.5. The van der Waals surface area contributed by atoms with Crippen molar-refractivity contribution in [3.63, 3.8) is 0 Å². The Morgan fingerprint density at radius 3 is 2.38 bits per heavy atom. The summed E-state index contributed by atoms with van der Waals surface area (Å²) in [6.45, 7) is 4.77. The fraction of sp³-hybridized carbons (Fsp3) is 0.102. The van der Waals surface area contributed by atoms with Crippen molar-refractivity contribution in [2.45, 2.75) is 31.6 Å². The number of fused-ring (bicyclic) bond motifs is 11. The first kappa shape index (κ1) is 29.8. The molecular formula is C49H35NOS. The summed E-state index contributed by atoms with van der Waals surface area (Å²) in [5.41, 5.74) is 12.1. The van der Waals surface area contributed by atoms with Gasteiger partial charge in [0.2, 0.25) is 0 Å². The molecule has 0 amide bonds. The van der Waals surface area contributed by atoms with Crippen molar-refractivity contribution in [2.24, 2.45) is 0 Å². The van der Waals surface area contributed by atoms with Gasteiger partial charge in [-0.15, -0.1) is 11.3 Å². The zero-order chi connectivity index (χ0) is 34.6. The number of furan rings is 1. The molecule has 2 aliphatic rings. The maximum absolute atomic E-state index is 6.63. The van der Waals surface area contributed by atoms with Crippen molar-refractivity contribution in [1.82, 2.24) is 0 Å². The second-order valence-corrected chi connectivity index (χ2v) is 15.9. The summed E-state index contributed by atoms with van der Waals surface area (Å²) in [6.07, 6.45) is 8.12. The van der Waals surface area contributed by atoms with Gasteiger partial charge in [-0.05, 0) is 82.1 Å². The number of rotatable bonds is 4. The summed E-state index contributed by atoms with van der Waals surface area (Å²) in [6, 6.07) is 51.2. The van der Waals surface area contributed by atoms with Gasteiger partial charge < -0.3 is 9.32 Å². The van der Waals surface area contributed by atoms with Crippen LogP contribution in [0.15, 0.2) is 168 Å². The van der Waals surface area contributed by atoms with Gasteiger partial charge in [0.1, 0.15) is 11.2 Å². The second-order valence-electron chi connectivity index (χ2n) is 14.8. The van der Waals surface area contributed by atoms with Crippen molar-refractivity contribution in [2.75, 3.05) is 4.90 Å². The third-order valence-electron chi connectivity index (χ3n) is 11.5. The predicted octanol–water partition coefficient (Wildman–Crippen LogP) is 14.2. The summed E-state index contributed by atoms with van der Waals surface area (Å²) in [7, 11) is 0. The maximum atomic E-state index is 6.63. The zero-order valence-electron chi connectivity index (χ0n) is 29.1. The van der Waals surface area contributed by atoms with Crippen molar-refractivity contribution in [1.29, 1.82) is 0 Å². The van der Waals surface area contributed by atoms with Crippen LogP contribution in [0.3, 0.4) is 0 Å². The van der Waals surface area contributed by atoms with Crippen LogP contribution in [-0.4, -0.2) is 0 Å². The Morgan fingerprint density at radius 1 is 0.673 bits per heavy atom. The van der Waals surface area contributed by atoms with Crippen molar-refractivity contribution in [3.8, 4) is 11.1 Å². The van der Waals surface area contributed by atoms with Gasteiger partial charge in [-0.25, -0.2) is 0 Å². The third-order valence-corrected chi connectivity index (χ3v) is 12.7. The molecule has 9 aromatic rings. The lowest BCUT2D eigenvalue weighted by molar-refractivity contribution is 0.660. The van der Waals surface area contributed by atoms with Crippen LogP contribution in [0.25, 0.3) is 64.0 Å². The first-order valence-electron chi connectivity index (χ1n) is 18.2. The maximum Gasteiger partial charge on any atom is 0.143 e. The zero-order valence-corrected chi connectivity index (χ0v) is 29.9. The van der Waals surface area contributed by atoms with Gasteiger partial charge in [-0.3, -0.25) is 0 Å². The highest BCUT2D eigenvalue weighted by Gasteiger charge is 2.39. The molecule has 248 valence electrons. The van der Waals surface area contributed by atoms with E-state index < -0.39 is 0 Å². The van der Waals surface area contributed by atoms with Crippen molar-refractivity contribution < 1.29 is 4.42 Å². The minimum absolute atomic E-state index is 0.162. The van der Waals surface area contributed by atoms with Crippen LogP contribution in [0, 0.1) is 0 Å². The standard InChI is InChI=1S/C49H35NOS/c1-49(2)41-20-7-5-16-36(41)39-19-10-21-42(47(39)49)50(33-25-27-38-37-17-6-8-23-44(37)52-45(38)29-33)32-14-9-13-31(28-32)34-18-11-22-43-46(34)40-26-24-30-12-3-4-15-35(30)48(40)51-43/h3-12,14-29,31H,13H2,1-2H3. The Bertz CT molecular complexity index is 2990. The van der Waals surface area contributed by atoms with Gasteiger partial charge in [0.15, 0.2) is 0 Å². The molecule has 0 aliphatic heterocycles. The lowest BCUT2D eigenvalue weighted by atomic mass is 9.81. The molecule has 0 saturated heterocycles. The lowest BCUT2D eigenvalue weighted by Crippen LogP contribution is -2.23. The number of anilines is 2. The topological polar surface area (TPSA) is 16.4 Å². The second kappa shape index (κ2) is 11.0. The summed E-state index contributed by atoms with van der Waals surface area (Å²) >= 11 is 1.88. The van der Waals surface area contributed by atoms with Crippen LogP contribution in [0.4, 0.5) is 11.4 Å². The van der Waals surface area contributed by atoms with Gasteiger partial charge in [0.05, 0.1) is 5.69 Å². The molecule has 2 heterocycles. The molecular weight excluding hydrogens is 651 g/mol. The largest absolute Gasteiger partial charge is 0.455 e. The van der Waals surface area contributed by atoms with Crippen LogP contribution >= 0.6 is 11.3 Å². The molecule has 52 heavy (non-hydrogen) atoms. The van der Waals surface area contributed by atoms with Gasteiger partial charge >= 0.3 is 0 Å². The Kier molecular flexibility index (Phi) is 6.33. The number of hydrogen-bond acceptors (Lipinski definition) is 3. The van der Waals surface area contributed by atoms with Gasteiger partial charge in [-0.1, -0.05) is 129 Å². The van der Waals surface area contributed by atoms with E-state index in [0.29, 0.717) is 0 Å². The van der Waals surface area contributed by atoms with Crippen LogP contribution in [0.1, 0.15) is 42.9 Å². The van der Waals surface area contributed by atoms with Gasteiger partial charge in [0, 0.05) is 59.0 Å². The van der Waals surface area contributed by atoms with E-state index in [9.17, 15) is 0 Å². The number of benzene rings is 7. The molecule has 2 aromatic heterocycles. The molecule has 0 fully saturated rings. The molecule has 0 spiro atoms. The molecule has 2 aliphatic carbocycles. The molecule has 0 radical (unpaired) electrons. The van der Waals surface area contributed by atoms with E-state index in [1.807, 2.05) is 11.3 Å². The molecule has 0 saturated carbocycles. The number of allylic oxidation sites excluding steroid dienone is 3. The molecule has 7 aromatic carbocycles. The van der Waals surface area contributed by atoms with Gasteiger partial charge in [0.25, 0.3) is 0 Å². The van der Waals surface area contributed by atoms with E-state index >= 15 is 0 Å². The van der Waals surface area contributed by atoms with E-state index in [2.05, 4.69) is 177 Å². The normalized spacial score (nSPS) is 16.2. The van der Waals surface area contributed by atoms with Crippen molar-refractivity contribution in [3.05, 3.63) is 180 Å². The smallest absolute Gasteiger partial charge is 0.143 e. The summed E-state index contributed by atoms with van der Waals surface area (Å²) in [5.74, 6) is 0.175. The Balaban J connectivity index is 1.13. The summed E-state index contributed by atoms with van der Waals surface area (Å²) < 4.78 is 9.26. The minimum Gasteiger partial charge on any atom is -0.455 e. The Morgan fingerprint density at radius 2 is 1.44 bits per heavy atom. The predicted molar refractivity (Wildman–Crippen MR) is 221 cm³/mol. The van der Waals surface area contributed by atoms with E-state index in [0.717, 1.165) is 23.0 Å². The third kappa shape index (κ3) is 4.23. The highest BCUT2D eigenvalue weighted by molar-refractivity contribution is 7.25. The fourth-order valence-electron chi connectivity index (χ4n) is 9.21. The van der Waals surface area contributed by atoms with Crippen LogP contribution < -0.4 is 4.90 Å². The average Bonchev–Trinajstić information content (AvgIpc) is 3.83. The number of hydrogen-bond donors (Lipinski definition) is 0. The monoisotopic (exact) mass is 685 g/mol. The van der Waals surface area contributed by atoms with Crippen molar-refractivity contribution >= 4 is 75.6 Å². The molecule has 0 N–H and O–H groups in total. The van der Waals surface area contributed by atoms with Crippen LogP contribution in [-0.2, 0) is 5.41 Å². The Hall–Kier alpha value is -5.90. The lowest BCUT2D eigenvalue weighted by Gasteiger charge is -2.34. The molecule has 11 rings (SSSR count). The Labute approximate surface area is 306 Å². The highest BCUT2D eigenvalue weighted by atomic mass is 32.1. The molecule has 2 nitrogen and oxygen atoms in total. The van der Waals surface area contributed by atoms with E-state index in [4.69, 9.17) is 4.42 Å². The molecule has 0 bridgehead atoms. The number of nitrogens with zero attached hydrogens (tertiary/aromatic N) is 1. The van der Waals surface area contributed by atoms with E-state index in [1.165, 1.54) is 81.2 Å². The van der Waals surface area contributed by atoms with Crippen LogP contribution in [0.5, 0.6) is 0 Å². The average molecular weight is 686 g/mol. The number of thiophene rings is 1. The fourth-order valence-corrected chi connectivity index (χ4v) is 10.3. The van der Waals surface area contributed by atoms with Crippen LogP contribution in [0.2, 0.25) is 0 Å². The molecule has 1 unspecified atom stereocenters. The highest BCUT2D eigenvalue weighted by Crippen LogP contribution is 2.54. The SMILES string of the molecule is CC1(C)c2ccccc2-c2cccc(N(C3=CC(c4cccc5oc6c7ccccc7ccc6c45)CC=C3)c3ccc4c(c3)sc3ccccc34)c21. The van der Waals surface area contributed by atoms with E-state index in [1.54, 1.807) is 0 Å². The molecule has 3 heteroatoms. The molecule has 1 atom stereocenters. The van der Waals surface area contributed by atoms with E-state index in [-0.39, 0.29) is 11.3 Å². The summed E-state index contributed by atoms with van der Waals surface area (Å²) in [5, 5.41) is 7.39. The summed E-state index contributed by atoms with van der Waals surface area (Å²) in [4.78, 5) is 2.53. The minimum atomic E-state index is -0.162. The van der Waals surface area contributed by atoms with Gasteiger partial charge in [-0.2, -0.15) is 0 Å². The first-order valence-corrected chi connectivity index (χ1v) is 19.0.